The lowest BCUT2D eigenvalue weighted by atomic mass is 9.98. The van der Waals surface area contributed by atoms with Crippen LogP contribution in [0.4, 0.5) is 10.5 Å². The van der Waals surface area contributed by atoms with Crippen LogP contribution in [0.25, 0.3) is 11.1 Å². The molecule has 3 aromatic rings. The van der Waals surface area contributed by atoms with Gasteiger partial charge in [-0.25, -0.2) is 9.59 Å². The molecule has 8 heteroatoms. The Kier molecular flexibility index (Phi) is 6.33. The number of aromatic carboxylic acids is 1. The van der Waals surface area contributed by atoms with E-state index in [2.05, 4.69) is 22.8 Å². The number of ether oxygens (including phenoxy) is 1. The molecule has 7 nitrogen and oxygen atoms in total. The minimum atomic E-state index is -1.16. The summed E-state index contributed by atoms with van der Waals surface area (Å²) in [5.74, 6) is -1.74. The van der Waals surface area contributed by atoms with Crippen LogP contribution in [0.15, 0.2) is 66.7 Å². The van der Waals surface area contributed by atoms with Gasteiger partial charge >= 0.3 is 12.1 Å². The van der Waals surface area contributed by atoms with Crippen LogP contribution in [0, 0.1) is 0 Å². The maximum absolute atomic E-state index is 12.4. The first kappa shape index (κ1) is 22.4. The zero-order valence-corrected chi connectivity index (χ0v) is 18.4. The highest BCUT2D eigenvalue weighted by Gasteiger charge is 2.29. The van der Waals surface area contributed by atoms with Gasteiger partial charge in [-0.15, -0.1) is 0 Å². The van der Waals surface area contributed by atoms with Crippen LogP contribution >= 0.6 is 11.6 Å². The molecule has 0 aliphatic heterocycles. The van der Waals surface area contributed by atoms with E-state index in [1.165, 1.54) is 25.1 Å². The van der Waals surface area contributed by atoms with Gasteiger partial charge < -0.3 is 20.5 Å². The molecule has 0 fully saturated rings. The first-order valence-corrected chi connectivity index (χ1v) is 10.7. The molecule has 0 spiro atoms. The second-order valence-corrected chi connectivity index (χ2v) is 8.09. The number of carbonyl (C=O) groups excluding carboxylic acids is 2. The molecule has 1 aliphatic carbocycles. The van der Waals surface area contributed by atoms with Crippen LogP contribution in [0.5, 0.6) is 0 Å². The van der Waals surface area contributed by atoms with Gasteiger partial charge in [0.25, 0.3) is 0 Å². The van der Waals surface area contributed by atoms with Crippen molar-refractivity contribution >= 4 is 35.3 Å². The number of alkyl carbamates (subject to hydrolysis) is 1. The molecule has 0 heterocycles. The third kappa shape index (κ3) is 4.68. The summed E-state index contributed by atoms with van der Waals surface area (Å²) >= 11 is 5.93. The van der Waals surface area contributed by atoms with Crippen molar-refractivity contribution in [3.05, 3.63) is 88.4 Å². The number of fused-ring (bicyclic) bond motifs is 3. The van der Waals surface area contributed by atoms with Gasteiger partial charge in [-0.3, -0.25) is 4.79 Å². The van der Waals surface area contributed by atoms with E-state index in [0.717, 1.165) is 22.3 Å². The highest BCUT2D eigenvalue weighted by atomic mass is 35.5. The summed E-state index contributed by atoms with van der Waals surface area (Å²) in [6.45, 7) is 1.66. The third-order valence-electron chi connectivity index (χ3n) is 5.54. The Morgan fingerprint density at radius 2 is 1.61 bits per heavy atom. The van der Waals surface area contributed by atoms with E-state index in [1.54, 1.807) is 0 Å². The fourth-order valence-electron chi connectivity index (χ4n) is 3.90. The Morgan fingerprint density at radius 1 is 1.00 bits per heavy atom. The SMILES string of the molecule is CC(NC(=O)OCC1c2ccccc2-c2ccccc21)C(=O)Nc1ccc(C(=O)O)c(Cl)c1. The van der Waals surface area contributed by atoms with Gasteiger partial charge in [-0.2, -0.15) is 0 Å². The van der Waals surface area contributed by atoms with E-state index in [0.29, 0.717) is 5.69 Å². The van der Waals surface area contributed by atoms with E-state index >= 15 is 0 Å². The van der Waals surface area contributed by atoms with Crippen molar-refractivity contribution in [1.29, 1.82) is 0 Å². The number of hydrogen-bond acceptors (Lipinski definition) is 4. The molecule has 0 saturated heterocycles. The Bertz CT molecular complexity index is 1200. The van der Waals surface area contributed by atoms with Crippen molar-refractivity contribution < 1.29 is 24.2 Å². The third-order valence-corrected chi connectivity index (χ3v) is 5.85. The standard InChI is InChI=1S/C25H21ClN2O5/c1-14(23(29)28-15-10-11-20(24(30)31)22(26)12-15)27-25(32)33-13-21-18-8-4-2-6-16(18)17-7-3-5-9-19(17)21/h2-12,14,21H,13H2,1H3,(H,27,32)(H,28,29)(H,30,31). The summed E-state index contributed by atoms with van der Waals surface area (Å²) in [5.41, 5.74) is 4.69. The molecule has 3 aromatic carbocycles. The van der Waals surface area contributed by atoms with Crippen molar-refractivity contribution in [2.45, 2.75) is 18.9 Å². The van der Waals surface area contributed by atoms with Gasteiger partial charge in [0.2, 0.25) is 5.91 Å². The maximum atomic E-state index is 12.4. The average Bonchev–Trinajstić information content (AvgIpc) is 3.11. The molecule has 1 unspecified atom stereocenters. The summed E-state index contributed by atoms with van der Waals surface area (Å²) in [5, 5.41) is 14.1. The van der Waals surface area contributed by atoms with Gasteiger partial charge in [0.1, 0.15) is 12.6 Å². The first-order valence-electron chi connectivity index (χ1n) is 10.3. The Labute approximate surface area is 195 Å². The van der Waals surface area contributed by atoms with Gasteiger partial charge in [0.15, 0.2) is 0 Å². The summed E-state index contributed by atoms with van der Waals surface area (Å²) in [7, 11) is 0. The number of carboxylic acids is 1. The Balaban J connectivity index is 1.35. The smallest absolute Gasteiger partial charge is 0.407 e. The normalized spacial score (nSPS) is 12.9. The van der Waals surface area contributed by atoms with E-state index < -0.39 is 24.0 Å². The van der Waals surface area contributed by atoms with E-state index in [1.807, 2.05) is 36.4 Å². The number of carboxylic acid groups (broad SMARTS) is 1. The maximum Gasteiger partial charge on any atom is 0.407 e. The minimum Gasteiger partial charge on any atom is -0.478 e. The molecule has 0 saturated carbocycles. The first-order chi connectivity index (χ1) is 15.8. The van der Waals surface area contributed by atoms with Gasteiger partial charge in [-0.05, 0) is 47.4 Å². The van der Waals surface area contributed by atoms with Crippen LogP contribution in [0.1, 0.15) is 34.3 Å². The molecular weight excluding hydrogens is 444 g/mol. The lowest BCUT2D eigenvalue weighted by Gasteiger charge is -2.17. The molecule has 0 aromatic heterocycles. The molecule has 0 bridgehead atoms. The number of anilines is 1. The molecular formula is C25H21ClN2O5. The van der Waals surface area contributed by atoms with Crippen molar-refractivity contribution in [3.8, 4) is 11.1 Å². The van der Waals surface area contributed by atoms with Crippen LogP contribution in [0.3, 0.4) is 0 Å². The van der Waals surface area contributed by atoms with Crippen LogP contribution in [-0.4, -0.2) is 35.7 Å². The van der Waals surface area contributed by atoms with E-state index in [9.17, 15) is 14.4 Å². The summed E-state index contributed by atoms with van der Waals surface area (Å²) in [6.07, 6.45) is -0.709. The summed E-state index contributed by atoms with van der Waals surface area (Å²) < 4.78 is 5.46. The summed E-state index contributed by atoms with van der Waals surface area (Å²) in [6, 6.07) is 19.2. The molecule has 33 heavy (non-hydrogen) atoms. The van der Waals surface area contributed by atoms with E-state index in [-0.39, 0.29) is 23.1 Å². The van der Waals surface area contributed by atoms with Crippen LogP contribution < -0.4 is 10.6 Å². The van der Waals surface area contributed by atoms with Crippen molar-refractivity contribution in [3.63, 3.8) is 0 Å². The Morgan fingerprint density at radius 3 is 2.18 bits per heavy atom. The number of nitrogens with one attached hydrogen (secondary N) is 2. The number of rotatable bonds is 6. The average molecular weight is 465 g/mol. The number of carbonyl (C=O) groups is 3. The van der Waals surface area contributed by atoms with Gasteiger partial charge in [0.05, 0.1) is 10.6 Å². The van der Waals surface area contributed by atoms with Crippen LogP contribution in [-0.2, 0) is 9.53 Å². The molecule has 4 rings (SSSR count). The lowest BCUT2D eigenvalue weighted by molar-refractivity contribution is -0.117. The minimum absolute atomic E-state index is 0.00236. The fourth-order valence-corrected chi connectivity index (χ4v) is 4.16. The fraction of sp³-hybridized carbons (Fsp3) is 0.160. The lowest BCUT2D eigenvalue weighted by Crippen LogP contribution is -2.42. The highest BCUT2D eigenvalue weighted by Crippen LogP contribution is 2.44. The number of amides is 2. The molecule has 1 aliphatic rings. The molecule has 0 radical (unpaired) electrons. The molecule has 1 atom stereocenters. The quantitative estimate of drug-likeness (QED) is 0.481. The largest absolute Gasteiger partial charge is 0.478 e. The molecule has 2 amide bonds. The van der Waals surface area contributed by atoms with Crippen molar-refractivity contribution in [2.75, 3.05) is 11.9 Å². The van der Waals surface area contributed by atoms with Gasteiger partial charge in [-0.1, -0.05) is 60.1 Å². The second-order valence-electron chi connectivity index (χ2n) is 7.68. The van der Waals surface area contributed by atoms with E-state index in [4.69, 9.17) is 21.4 Å². The van der Waals surface area contributed by atoms with Crippen molar-refractivity contribution in [1.82, 2.24) is 5.32 Å². The topological polar surface area (TPSA) is 105 Å². The number of halogens is 1. The molecule has 3 N–H and O–H groups in total. The molecule has 168 valence electrons. The van der Waals surface area contributed by atoms with Gasteiger partial charge in [0, 0.05) is 11.6 Å². The predicted molar refractivity (Wildman–Crippen MR) is 125 cm³/mol. The number of benzene rings is 3. The van der Waals surface area contributed by atoms with Crippen LogP contribution in [0.2, 0.25) is 5.02 Å². The van der Waals surface area contributed by atoms with Crippen molar-refractivity contribution in [2.24, 2.45) is 0 Å². The predicted octanol–water partition coefficient (Wildman–Crippen LogP) is 4.90. The second kappa shape index (κ2) is 9.34. The monoisotopic (exact) mass is 464 g/mol. The number of hydrogen-bond donors (Lipinski definition) is 3. The zero-order chi connectivity index (χ0) is 23.5. The summed E-state index contributed by atoms with van der Waals surface area (Å²) in [4.78, 5) is 35.8. The highest BCUT2D eigenvalue weighted by molar-refractivity contribution is 6.33. The Hall–Kier alpha value is -3.84. The zero-order valence-electron chi connectivity index (χ0n) is 17.7.